The Bertz CT molecular complexity index is 1510. The van der Waals surface area contributed by atoms with Crippen molar-refractivity contribution in [2.75, 3.05) is 26.7 Å². The molecule has 13 nitrogen and oxygen atoms in total. The standard InChI is InChI=1S/C29H39N5O5S.CH2O3/c1-4-39-29(36)26-7-5-6-13-34(26)28(35)25(30)16-20-9-8-19(2)24(15-20)27(31)32-40(37,38)23-11-10-21-12-14-33(3)18-22(21)17-23;2-1(3)4/h8-11,15,17,25-26H,4-7,12-14,16,18,30H2,1-3H3,(H2,31,32);(H2,2,3,4)/t25-,26+;/m1./s1. The number of hydrogen-bond donors (Lipinski definition) is 4. The number of amidine groups is 1. The number of benzene rings is 2. The molecule has 0 bridgehead atoms. The summed E-state index contributed by atoms with van der Waals surface area (Å²) in [6.07, 6.45) is 1.42. The number of likely N-dealkylation sites (N-methyl/N-ethyl adjacent to an activating group) is 1. The number of aryl methyl sites for hydroxylation is 1. The van der Waals surface area contributed by atoms with Crippen LogP contribution in [-0.2, 0) is 43.7 Å². The van der Waals surface area contributed by atoms with Crippen LogP contribution in [0.2, 0.25) is 0 Å². The van der Waals surface area contributed by atoms with Crippen LogP contribution in [0.4, 0.5) is 4.79 Å². The maximum absolute atomic E-state index is 13.2. The molecule has 44 heavy (non-hydrogen) atoms. The van der Waals surface area contributed by atoms with Gasteiger partial charge in [0.1, 0.15) is 11.9 Å². The lowest BCUT2D eigenvalue weighted by molar-refractivity contribution is -0.157. The quantitative estimate of drug-likeness (QED) is 0.189. The van der Waals surface area contributed by atoms with Gasteiger partial charge in [0.05, 0.1) is 17.5 Å². The van der Waals surface area contributed by atoms with Gasteiger partial charge < -0.3 is 36.2 Å². The fraction of sp³-hybridized carbons (Fsp3) is 0.467. The van der Waals surface area contributed by atoms with Gasteiger partial charge in [-0.3, -0.25) is 4.79 Å². The van der Waals surface area contributed by atoms with Crippen LogP contribution in [0.25, 0.3) is 0 Å². The molecule has 0 unspecified atom stereocenters. The third-order valence-electron chi connectivity index (χ3n) is 7.59. The number of rotatable bonds is 8. The van der Waals surface area contributed by atoms with Crippen LogP contribution in [0.5, 0.6) is 0 Å². The zero-order valence-electron chi connectivity index (χ0n) is 25.2. The second-order valence-corrected chi connectivity index (χ2v) is 12.5. The predicted molar refractivity (Wildman–Crippen MR) is 164 cm³/mol. The zero-order chi connectivity index (χ0) is 32.6. The number of piperidine rings is 1. The van der Waals surface area contributed by atoms with Gasteiger partial charge in [-0.2, -0.15) is 8.42 Å². The first-order valence-corrected chi connectivity index (χ1v) is 15.8. The summed E-state index contributed by atoms with van der Waals surface area (Å²) in [6.45, 7) is 5.85. The Hall–Kier alpha value is -4.01. The molecule has 2 aliphatic heterocycles. The minimum Gasteiger partial charge on any atom is -0.464 e. The number of nitrogens with two attached hydrogens (primary N) is 2. The van der Waals surface area contributed by atoms with E-state index in [0.29, 0.717) is 30.6 Å². The Kier molecular flexibility index (Phi) is 11.9. The molecule has 14 heteroatoms. The maximum Gasteiger partial charge on any atom is 0.503 e. The maximum atomic E-state index is 13.2. The molecule has 2 heterocycles. The van der Waals surface area contributed by atoms with Gasteiger partial charge in [-0.15, -0.1) is 4.40 Å². The summed E-state index contributed by atoms with van der Waals surface area (Å²) >= 11 is 0. The molecule has 4 rings (SSSR count). The lowest BCUT2D eigenvalue weighted by Gasteiger charge is -2.35. The molecule has 6 N–H and O–H groups in total. The highest BCUT2D eigenvalue weighted by molar-refractivity contribution is 7.90. The number of nitrogens with zero attached hydrogens (tertiary/aromatic N) is 3. The van der Waals surface area contributed by atoms with Crippen molar-refractivity contribution in [3.8, 4) is 0 Å². The van der Waals surface area contributed by atoms with Crippen molar-refractivity contribution in [3.63, 3.8) is 0 Å². The molecule has 240 valence electrons. The molecule has 2 aliphatic rings. The smallest absolute Gasteiger partial charge is 0.464 e. The molecular formula is C30H41N5O8S. The molecule has 0 saturated carbocycles. The number of ether oxygens (including phenoxy) is 1. The van der Waals surface area contributed by atoms with Gasteiger partial charge >= 0.3 is 12.1 Å². The molecule has 2 aromatic rings. The van der Waals surface area contributed by atoms with E-state index in [1.165, 1.54) is 4.90 Å². The van der Waals surface area contributed by atoms with Crippen LogP contribution < -0.4 is 11.5 Å². The Labute approximate surface area is 257 Å². The highest BCUT2D eigenvalue weighted by Crippen LogP contribution is 2.24. The molecule has 0 aliphatic carbocycles. The minimum atomic E-state index is -4.04. The molecule has 2 aromatic carbocycles. The van der Waals surface area contributed by atoms with E-state index in [1.807, 2.05) is 26.1 Å². The zero-order valence-corrected chi connectivity index (χ0v) is 26.0. The Balaban J connectivity index is 0.00000124. The molecule has 0 aromatic heterocycles. The van der Waals surface area contributed by atoms with Crippen molar-refractivity contribution in [3.05, 3.63) is 64.2 Å². The van der Waals surface area contributed by atoms with Crippen LogP contribution in [0.3, 0.4) is 0 Å². The van der Waals surface area contributed by atoms with Gasteiger partial charge in [-0.1, -0.05) is 18.2 Å². The topological polar surface area (TPSA) is 206 Å². The average Bonchev–Trinajstić information content (AvgIpc) is 2.96. The fourth-order valence-electron chi connectivity index (χ4n) is 5.37. The molecule has 1 fully saturated rings. The molecule has 2 atom stereocenters. The van der Waals surface area contributed by atoms with Gasteiger partial charge in [0.15, 0.2) is 0 Å². The number of carboxylic acid groups (broad SMARTS) is 2. The van der Waals surface area contributed by atoms with Gasteiger partial charge in [0.2, 0.25) is 5.91 Å². The first-order valence-electron chi connectivity index (χ1n) is 14.4. The third-order valence-corrected chi connectivity index (χ3v) is 8.88. The predicted octanol–water partition coefficient (Wildman–Crippen LogP) is 2.11. The van der Waals surface area contributed by atoms with Crippen LogP contribution >= 0.6 is 0 Å². The monoisotopic (exact) mass is 631 g/mol. The van der Waals surface area contributed by atoms with E-state index in [-0.39, 0.29) is 29.7 Å². The van der Waals surface area contributed by atoms with E-state index in [2.05, 4.69) is 9.30 Å². The van der Waals surface area contributed by atoms with Crippen LogP contribution in [0, 0.1) is 6.92 Å². The summed E-state index contributed by atoms with van der Waals surface area (Å²) in [6, 6.07) is 8.93. The second kappa shape index (κ2) is 15.1. The van der Waals surface area contributed by atoms with Crippen molar-refractivity contribution >= 4 is 33.9 Å². The van der Waals surface area contributed by atoms with Gasteiger partial charge in [-0.05, 0) is 93.5 Å². The largest absolute Gasteiger partial charge is 0.503 e. The number of amides is 1. The van der Waals surface area contributed by atoms with Crippen molar-refractivity contribution in [2.45, 2.75) is 69.5 Å². The number of likely N-dealkylation sites (tertiary alicyclic amines) is 1. The number of carbonyl (C=O) groups excluding carboxylic acids is 2. The lowest BCUT2D eigenvalue weighted by Crippen LogP contribution is -2.54. The van der Waals surface area contributed by atoms with Crippen molar-refractivity contribution in [1.29, 1.82) is 0 Å². The SMILES string of the molecule is CCOC(=O)[C@@H]1CCCCN1C(=O)[C@H](N)Cc1ccc(C)c(C(N)=NS(=O)(=O)c2ccc3c(c2)CN(C)CC3)c1.O=C(O)O. The minimum absolute atomic E-state index is 0.101. The summed E-state index contributed by atoms with van der Waals surface area (Å²) < 4.78 is 35.4. The number of hydrogen-bond acceptors (Lipinski definition) is 8. The van der Waals surface area contributed by atoms with Crippen molar-refractivity contribution in [1.82, 2.24) is 9.80 Å². The average molecular weight is 632 g/mol. The van der Waals surface area contributed by atoms with Crippen LogP contribution in [0.1, 0.15) is 54.0 Å². The number of fused-ring (bicyclic) bond motifs is 1. The van der Waals surface area contributed by atoms with E-state index in [0.717, 1.165) is 42.5 Å². The van der Waals surface area contributed by atoms with Crippen LogP contribution in [0.15, 0.2) is 45.7 Å². The first-order chi connectivity index (χ1) is 20.7. The van der Waals surface area contributed by atoms with E-state index >= 15 is 0 Å². The summed E-state index contributed by atoms with van der Waals surface area (Å²) in [4.78, 5) is 38.0. The summed E-state index contributed by atoms with van der Waals surface area (Å²) in [5.41, 5.74) is 16.6. The van der Waals surface area contributed by atoms with E-state index in [9.17, 15) is 18.0 Å². The van der Waals surface area contributed by atoms with Gasteiger partial charge in [-0.25, -0.2) is 9.59 Å². The highest BCUT2D eigenvalue weighted by Gasteiger charge is 2.35. The first kappa shape index (κ1) is 34.5. The van der Waals surface area contributed by atoms with Crippen molar-refractivity contribution < 1.29 is 37.8 Å². The normalized spacial score (nSPS) is 18.0. The highest BCUT2D eigenvalue weighted by atomic mass is 32.2. The summed E-state index contributed by atoms with van der Waals surface area (Å²) in [5.74, 6) is -0.855. The lowest BCUT2D eigenvalue weighted by atomic mass is 9.97. The summed E-state index contributed by atoms with van der Waals surface area (Å²) in [7, 11) is -2.04. The molecule has 0 spiro atoms. The molecule has 1 saturated heterocycles. The Morgan fingerprint density at radius 1 is 1.09 bits per heavy atom. The number of carbonyl (C=O) groups is 3. The van der Waals surface area contributed by atoms with E-state index < -0.39 is 34.2 Å². The number of sulfonamides is 1. The fourth-order valence-corrected chi connectivity index (χ4v) is 6.37. The van der Waals surface area contributed by atoms with E-state index in [1.54, 1.807) is 31.2 Å². The summed E-state index contributed by atoms with van der Waals surface area (Å²) in [5, 5.41) is 13.9. The van der Waals surface area contributed by atoms with Crippen LogP contribution in [-0.4, -0.2) is 91.1 Å². The van der Waals surface area contributed by atoms with E-state index in [4.69, 9.17) is 31.2 Å². The Morgan fingerprint density at radius 2 is 1.80 bits per heavy atom. The Morgan fingerprint density at radius 3 is 2.48 bits per heavy atom. The molecule has 0 radical (unpaired) electrons. The number of esters is 1. The third kappa shape index (κ3) is 9.00. The second-order valence-electron chi connectivity index (χ2n) is 10.9. The van der Waals surface area contributed by atoms with Gasteiger partial charge in [0, 0.05) is 25.2 Å². The molecular weight excluding hydrogens is 590 g/mol. The molecule has 1 amide bonds. The van der Waals surface area contributed by atoms with Crippen molar-refractivity contribution in [2.24, 2.45) is 15.9 Å². The van der Waals surface area contributed by atoms with Gasteiger partial charge in [0.25, 0.3) is 10.0 Å².